The van der Waals surface area contributed by atoms with Gasteiger partial charge in [0.15, 0.2) is 0 Å². The minimum atomic E-state index is -4.16. The van der Waals surface area contributed by atoms with Gasteiger partial charge in [-0.25, -0.2) is 0 Å². The lowest BCUT2D eigenvalue weighted by atomic mass is 9.99. The third-order valence-corrected chi connectivity index (χ3v) is 4.13. The Hall–Kier alpha value is -0.550. The number of likely N-dealkylation sites (tertiary alicyclic amines) is 1. The molecule has 0 bridgehead atoms. The van der Waals surface area contributed by atoms with E-state index < -0.39 is 11.0 Å². The molecule has 18 heavy (non-hydrogen) atoms. The maximum Gasteiger partial charge on any atom is 0.402 e. The number of hydrogen-bond donors (Lipinski definition) is 0. The first-order valence-electron chi connectivity index (χ1n) is 5.95. The van der Waals surface area contributed by atoms with Crippen molar-refractivity contribution in [2.75, 3.05) is 19.6 Å². The molecule has 1 aliphatic rings. The fourth-order valence-electron chi connectivity index (χ4n) is 2.33. The van der Waals surface area contributed by atoms with Gasteiger partial charge in [-0.05, 0) is 24.4 Å². The van der Waals surface area contributed by atoms with Crippen molar-refractivity contribution in [3.8, 4) is 0 Å². The van der Waals surface area contributed by atoms with E-state index in [9.17, 15) is 13.2 Å². The highest BCUT2D eigenvalue weighted by Gasteiger charge is 2.39. The standard InChI is InChI=1S/C13H15BrF3N/c14-12(13(15,16)17)9-18-7-6-11(8-18)10-4-2-1-3-5-10/h1-5,11-12H,6-9H2. The Kier molecular flexibility index (Phi) is 4.33. The summed E-state index contributed by atoms with van der Waals surface area (Å²) >= 11 is 2.72. The molecule has 0 N–H and O–H groups in total. The van der Waals surface area contributed by atoms with Crippen molar-refractivity contribution in [3.05, 3.63) is 35.9 Å². The summed E-state index contributed by atoms with van der Waals surface area (Å²) < 4.78 is 37.3. The molecule has 1 saturated heterocycles. The SMILES string of the molecule is FC(F)(F)C(Br)CN1CCC(c2ccccc2)C1. The molecule has 0 radical (unpaired) electrons. The van der Waals surface area contributed by atoms with Gasteiger partial charge in [-0.1, -0.05) is 46.3 Å². The Morgan fingerprint density at radius 2 is 1.94 bits per heavy atom. The number of hydrogen-bond acceptors (Lipinski definition) is 1. The summed E-state index contributed by atoms with van der Waals surface area (Å²) in [6, 6.07) is 9.99. The summed E-state index contributed by atoms with van der Waals surface area (Å²) in [6.07, 6.45) is -3.23. The molecule has 0 amide bonds. The maximum absolute atomic E-state index is 12.4. The Morgan fingerprint density at radius 3 is 2.56 bits per heavy atom. The van der Waals surface area contributed by atoms with E-state index in [2.05, 4.69) is 15.9 Å². The van der Waals surface area contributed by atoms with E-state index in [4.69, 9.17) is 0 Å². The van der Waals surface area contributed by atoms with Crippen molar-refractivity contribution in [2.45, 2.75) is 23.3 Å². The largest absolute Gasteiger partial charge is 0.402 e. The first-order valence-corrected chi connectivity index (χ1v) is 6.86. The van der Waals surface area contributed by atoms with E-state index in [1.54, 1.807) is 0 Å². The molecule has 1 aromatic carbocycles. The van der Waals surface area contributed by atoms with Crippen LogP contribution < -0.4 is 0 Å². The summed E-state index contributed by atoms with van der Waals surface area (Å²) in [5, 5.41) is 0. The molecule has 5 heteroatoms. The minimum absolute atomic E-state index is 0.0346. The number of halogens is 4. The second-order valence-corrected chi connectivity index (χ2v) is 5.77. The lowest BCUT2D eigenvalue weighted by molar-refractivity contribution is -0.130. The molecule has 1 nitrogen and oxygen atoms in total. The third kappa shape index (κ3) is 3.48. The van der Waals surface area contributed by atoms with Gasteiger partial charge in [0.25, 0.3) is 0 Å². The van der Waals surface area contributed by atoms with Crippen LogP contribution in [-0.4, -0.2) is 35.5 Å². The van der Waals surface area contributed by atoms with Gasteiger partial charge in [0.2, 0.25) is 0 Å². The molecule has 1 aliphatic heterocycles. The molecule has 1 fully saturated rings. The van der Waals surface area contributed by atoms with Gasteiger partial charge < -0.3 is 4.90 Å². The van der Waals surface area contributed by atoms with E-state index in [0.29, 0.717) is 12.5 Å². The van der Waals surface area contributed by atoms with Gasteiger partial charge in [0.1, 0.15) is 4.83 Å². The Morgan fingerprint density at radius 1 is 1.28 bits per heavy atom. The number of rotatable bonds is 3. The average Bonchev–Trinajstić information content (AvgIpc) is 2.77. The van der Waals surface area contributed by atoms with Crippen molar-refractivity contribution in [1.29, 1.82) is 0 Å². The molecule has 0 spiro atoms. The highest BCUT2D eigenvalue weighted by molar-refractivity contribution is 9.09. The molecule has 2 unspecified atom stereocenters. The summed E-state index contributed by atoms with van der Waals surface area (Å²) in [6.45, 7) is 1.48. The van der Waals surface area contributed by atoms with E-state index in [-0.39, 0.29) is 6.54 Å². The number of nitrogens with zero attached hydrogens (tertiary/aromatic N) is 1. The second kappa shape index (κ2) is 5.61. The van der Waals surface area contributed by atoms with Crippen LogP contribution in [-0.2, 0) is 0 Å². The Labute approximate surface area is 113 Å². The molecule has 0 aliphatic carbocycles. The molecular formula is C13H15BrF3N. The zero-order valence-corrected chi connectivity index (χ0v) is 11.4. The third-order valence-electron chi connectivity index (χ3n) is 3.32. The van der Waals surface area contributed by atoms with Gasteiger partial charge in [0, 0.05) is 13.1 Å². The summed E-state index contributed by atoms with van der Waals surface area (Å²) in [5.74, 6) is 0.360. The van der Waals surface area contributed by atoms with Crippen LogP contribution in [0.3, 0.4) is 0 Å². The molecule has 1 heterocycles. The van der Waals surface area contributed by atoms with Gasteiger partial charge in [0.05, 0.1) is 0 Å². The summed E-state index contributed by atoms with van der Waals surface area (Å²) in [5.41, 5.74) is 1.22. The van der Waals surface area contributed by atoms with Crippen LogP contribution in [0.5, 0.6) is 0 Å². The molecule has 0 aromatic heterocycles. The zero-order chi connectivity index (χ0) is 13.2. The quantitative estimate of drug-likeness (QED) is 0.765. The average molecular weight is 322 g/mol. The first kappa shape index (κ1) is 13.9. The zero-order valence-electron chi connectivity index (χ0n) is 9.83. The lowest BCUT2D eigenvalue weighted by Crippen LogP contribution is -2.36. The molecule has 2 atom stereocenters. The van der Waals surface area contributed by atoms with Gasteiger partial charge in [-0.3, -0.25) is 0 Å². The maximum atomic E-state index is 12.4. The molecular weight excluding hydrogens is 307 g/mol. The van der Waals surface area contributed by atoms with Crippen LogP contribution in [0.2, 0.25) is 0 Å². The Balaban J connectivity index is 1.89. The monoisotopic (exact) mass is 321 g/mol. The van der Waals surface area contributed by atoms with E-state index in [0.717, 1.165) is 13.0 Å². The van der Waals surface area contributed by atoms with Gasteiger partial charge in [-0.15, -0.1) is 0 Å². The van der Waals surface area contributed by atoms with E-state index in [1.807, 2.05) is 35.2 Å². The van der Waals surface area contributed by atoms with E-state index in [1.165, 1.54) is 5.56 Å². The lowest BCUT2D eigenvalue weighted by Gasteiger charge is -2.21. The van der Waals surface area contributed by atoms with Crippen molar-refractivity contribution in [1.82, 2.24) is 4.90 Å². The highest BCUT2D eigenvalue weighted by atomic mass is 79.9. The van der Waals surface area contributed by atoms with Gasteiger partial charge in [-0.2, -0.15) is 13.2 Å². The number of alkyl halides is 4. The Bertz CT molecular complexity index is 380. The van der Waals surface area contributed by atoms with Crippen LogP contribution >= 0.6 is 15.9 Å². The van der Waals surface area contributed by atoms with Gasteiger partial charge >= 0.3 is 6.18 Å². The van der Waals surface area contributed by atoms with Crippen LogP contribution in [0.25, 0.3) is 0 Å². The van der Waals surface area contributed by atoms with Crippen LogP contribution in [0.15, 0.2) is 30.3 Å². The second-order valence-electron chi connectivity index (χ2n) is 4.67. The summed E-state index contributed by atoms with van der Waals surface area (Å²) in [7, 11) is 0. The summed E-state index contributed by atoms with van der Waals surface area (Å²) in [4.78, 5) is 0.449. The van der Waals surface area contributed by atoms with Crippen molar-refractivity contribution < 1.29 is 13.2 Å². The minimum Gasteiger partial charge on any atom is -0.301 e. The predicted molar refractivity (Wildman–Crippen MR) is 69.0 cm³/mol. The topological polar surface area (TPSA) is 3.24 Å². The first-order chi connectivity index (χ1) is 8.47. The van der Waals surface area contributed by atoms with Crippen molar-refractivity contribution in [2.24, 2.45) is 0 Å². The van der Waals surface area contributed by atoms with Crippen molar-refractivity contribution in [3.63, 3.8) is 0 Å². The highest BCUT2D eigenvalue weighted by Crippen LogP contribution is 2.31. The fraction of sp³-hybridized carbons (Fsp3) is 0.538. The van der Waals surface area contributed by atoms with Crippen LogP contribution in [0.1, 0.15) is 17.9 Å². The molecule has 2 rings (SSSR count). The van der Waals surface area contributed by atoms with Crippen LogP contribution in [0.4, 0.5) is 13.2 Å². The van der Waals surface area contributed by atoms with Crippen molar-refractivity contribution >= 4 is 15.9 Å². The number of benzene rings is 1. The fourth-order valence-corrected chi connectivity index (χ4v) is 2.74. The van der Waals surface area contributed by atoms with E-state index >= 15 is 0 Å². The smallest absolute Gasteiger partial charge is 0.301 e. The predicted octanol–water partition coefficient (Wildman–Crippen LogP) is 3.80. The molecule has 100 valence electrons. The molecule has 1 aromatic rings. The van der Waals surface area contributed by atoms with Crippen LogP contribution in [0, 0.1) is 0 Å². The normalized spacial score (nSPS) is 23.2. The molecule has 0 saturated carbocycles.